The fourth-order valence-electron chi connectivity index (χ4n) is 1.99. The Morgan fingerprint density at radius 2 is 1.68 bits per heavy atom. The number of rotatable bonds is 2. The molecular weight excluding hydrogens is 252 g/mol. The summed E-state index contributed by atoms with van der Waals surface area (Å²) in [4.78, 5) is 0. The van der Waals surface area contributed by atoms with E-state index in [0.717, 1.165) is 6.07 Å². The number of benzene rings is 1. The van der Waals surface area contributed by atoms with Gasteiger partial charge in [0.1, 0.15) is 18.2 Å². The van der Waals surface area contributed by atoms with E-state index in [9.17, 15) is 13.9 Å². The molecule has 0 aliphatic carbocycles. The van der Waals surface area contributed by atoms with E-state index in [-0.39, 0.29) is 6.61 Å². The van der Waals surface area contributed by atoms with Gasteiger partial charge in [0, 0.05) is 17.2 Å². The highest BCUT2D eigenvalue weighted by molar-refractivity contribution is 5.56. The van der Waals surface area contributed by atoms with E-state index in [1.54, 1.807) is 4.57 Å². The predicted molar refractivity (Wildman–Crippen MR) is 66.3 cm³/mol. The molecule has 0 aliphatic rings. The molecule has 6 heteroatoms. The van der Waals surface area contributed by atoms with E-state index in [1.165, 1.54) is 12.1 Å². The van der Waals surface area contributed by atoms with Gasteiger partial charge in [0.2, 0.25) is 0 Å². The Bertz CT molecular complexity index is 582. The molecular formula is C13H15F2N3O. The molecule has 1 aromatic carbocycles. The van der Waals surface area contributed by atoms with Gasteiger partial charge in [0.15, 0.2) is 11.6 Å². The molecule has 2 aromatic rings. The van der Waals surface area contributed by atoms with Crippen molar-refractivity contribution in [1.82, 2.24) is 14.8 Å². The minimum atomic E-state index is -0.677. The zero-order valence-corrected chi connectivity index (χ0v) is 11.0. The molecule has 19 heavy (non-hydrogen) atoms. The van der Waals surface area contributed by atoms with Gasteiger partial charge in [0.25, 0.3) is 0 Å². The normalized spacial score (nSPS) is 11.9. The third kappa shape index (κ3) is 2.63. The first-order valence-corrected chi connectivity index (χ1v) is 5.85. The molecule has 1 N–H and O–H groups in total. The summed E-state index contributed by atoms with van der Waals surface area (Å²) in [6, 6.07) is 3.18. The largest absolute Gasteiger partial charge is 0.388 e. The van der Waals surface area contributed by atoms with Crippen LogP contribution in [-0.2, 0) is 12.1 Å². The van der Waals surface area contributed by atoms with Crippen molar-refractivity contribution in [2.45, 2.75) is 32.9 Å². The summed E-state index contributed by atoms with van der Waals surface area (Å²) in [5, 5.41) is 17.1. The standard InChI is InChI=1S/C13H15F2N3O/c1-13(2,3)18-11(7-19)16-17-12(18)8-4-9(14)6-10(15)5-8/h4-6,19H,7H2,1-3H3. The zero-order chi connectivity index (χ0) is 14.2. The summed E-state index contributed by atoms with van der Waals surface area (Å²) < 4.78 is 28.2. The second-order valence-electron chi connectivity index (χ2n) is 5.26. The maximum Gasteiger partial charge on any atom is 0.164 e. The van der Waals surface area contributed by atoms with Crippen molar-refractivity contribution in [1.29, 1.82) is 0 Å². The molecule has 0 saturated heterocycles. The summed E-state index contributed by atoms with van der Waals surface area (Å²) >= 11 is 0. The minimum Gasteiger partial charge on any atom is -0.388 e. The van der Waals surface area contributed by atoms with Crippen LogP contribution in [0.25, 0.3) is 11.4 Å². The van der Waals surface area contributed by atoms with E-state index in [1.807, 2.05) is 20.8 Å². The number of aliphatic hydroxyl groups excluding tert-OH is 1. The maximum atomic E-state index is 13.3. The molecule has 0 spiro atoms. The van der Waals surface area contributed by atoms with E-state index >= 15 is 0 Å². The van der Waals surface area contributed by atoms with Crippen molar-refractivity contribution in [3.8, 4) is 11.4 Å². The van der Waals surface area contributed by atoms with E-state index in [4.69, 9.17) is 0 Å². The van der Waals surface area contributed by atoms with E-state index < -0.39 is 17.2 Å². The second kappa shape index (κ2) is 4.70. The molecule has 0 fully saturated rings. The van der Waals surface area contributed by atoms with Gasteiger partial charge in [-0.25, -0.2) is 8.78 Å². The summed E-state index contributed by atoms with van der Waals surface area (Å²) in [5.74, 6) is -0.671. The van der Waals surface area contributed by atoms with Crippen molar-refractivity contribution in [3.05, 3.63) is 35.7 Å². The molecule has 0 saturated carbocycles. The summed E-state index contributed by atoms with van der Waals surface area (Å²) in [6.45, 7) is 5.40. The van der Waals surface area contributed by atoms with Crippen molar-refractivity contribution in [2.24, 2.45) is 0 Å². The first-order valence-electron chi connectivity index (χ1n) is 5.85. The Morgan fingerprint density at radius 1 is 1.11 bits per heavy atom. The fourth-order valence-corrected chi connectivity index (χ4v) is 1.99. The van der Waals surface area contributed by atoms with Crippen LogP contribution in [0.2, 0.25) is 0 Å². The topological polar surface area (TPSA) is 50.9 Å². The summed E-state index contributed by atoms with van der Waals surface area (Å²) in [5.41, 5.74) is -0.126. The lowest BCUT2D eigenvalue weighted by atomic mass is 10.1. The van der Waals surface area contributed by atoms with Crippen LogP contribution in [0.5, 0.6) is 0 Å². The number of nitrogens with zero attached hydrogens (tertiary/aromatic N) is 3. The maximum absolute atomic E-state index is 13.3. The van der Waals surface area contributed by atoms with Crippen LogP contribution in [0.3, 0.4) is 0 Å². The highest BCUT2D eigenvalue weighted by Gasteiger charge is 2.24. The van der Waals surface area contributed by atoms with Crippen LogP contribution in [0.4, 0.5) is 8.78 Å². The van der Waals surface area contributed by atoms with Gasteiger partial charge >= 0.3 is 0 Å². The Hall–Kier alpha value is -1.82. The van der Waals surface area contributed by atoms with Crippen LogP contribution in [-0.4, -0.2) is 19.9 Å². The smallest absolute Gasteiger partial charge is 0.164 e. The van der Waals surface area contributed by atoms with Crippen LogP contribution in [0.15, 0.2) is 18.2 Å². The lowest BCUT2D eigenvalue weighted by molar-refractivity contribution is 0.250. The van der Waals surface area contributed by atoms with Gasteiger partial charge in [-0.2, -0.15) is 0 Å². The molecule has 0 atom stereocenters. The third-order valence-corrected chi connectivity index (χ3v) is 2.66. The van der Waals surface area contributed by atoms with Gasteiger partial charge in [-0.15, -0.1) is 10.2 Å². The third-order valence-electron chi connectivity index (χ3n) is 2.66. The first-order chi connectivity index (χ1) is 8.82. The van der Waals surface area contributed by atoms with Gasteiger partial charge in [-0.3, -0.25) is 0 Å². The number of halogens is 2. The molecule has 0 unspecified atom stereocenters. The lowest BCUT2D eigenvalue weighted by Crippen LogP contribution is -2.25. The number of hydrogen-bond donors (Lipinski definition) is 1. The molecule has 2 rings (SSSR count). The average Bonchev–Trinajstić information content (AvgIpc) is 2.70. The molecule has 4 nitrogen and oxygen atoms in total. The van der Waals surface area contributed by atoms with Crippen molar-refractivity contribution in [3.63, 3.8) is 0 Å². The van der Waals surface area contributed by atoms with Crippen LogP contribution < -0.4 is 0 Å². The predicted octanol–water partition coefficient (Wildman–Crippen LogP) is 2.47. The van der Waals surface area contributed by atoms with Gasteiger partial charge < -0.3 is 9.67 Å². The molecule has 0 radical (unpaired) electrons. The Labute approximate surface area is 109 Å². The Balaban J connectivity index is 2.66. The summed E-state index contributed by atoms with van der Waals surface area (Å²) in [7, 11) is 0. The van der Waals surface area contributed by atoms with Crippen LogP contribution in [0.1, 0.15) is 26.6 Å². The van der Waals surface area contributed by atoms with Gasteiger partial charge in [-0.1, -0.05) is 0 Å². The molecule has 1 aromatic heterocycles. The SMILES string of the molecule is CC(C)(C)n1c(CO)nnc1-c1cc(F)cc(F)c1. The van der Waals surface area contributed by atoms with Gasteiger partial charge in [0.05, 0.1) is 0 Å². The zero-order valence-electron chi connectivity index (χ0n) is 11.0. The number of aromatic nitrogens is 3. The molecule has 0 aliphatic heterocycles. The second-order valence-corrected chi connectivity index (χ2v) is 5.26. The molecule has 1 heterocycles. The molecule has 102 valence electrons. The number of aliphatic hydroxyl groups is 1. The van der Waals surface area contributed by atoms with Crippen molar-refractivity contribution in [2.75, 3.05) is 0 Å². The summed E-state index contributed by atoms with van der Waals surface area (Å²) in [6.07, 6.45) is 0. The van der Waals surface area contributed by atoms with E-state index in [2.05, 4.69) is 10.2 Å². The van der Waals surface area contributed by atoms with Crippen molar-refractivity contribution >= 4 is 0 Å². The molecule has 0 bridgehead atoms. The first kappa shape index (κ1) is 13.6. The van der Waals surface area contributed by atoms with Crippen LogP contribution in [0, 0.1) is 11.6 Å². The lowest BCUT2D eigenvalue weighted by Gasteiger charge is -2.24. The van der Waals surface area contributed by atoms with Crippen molar-refractivity contribution < 1.29 is 13.9 Å². The van der Waals surface area contributed by atoms with E-state index in [0.29, 0.717) is 17.2 Å². The highest BCUT2D eigenvalue weighted by atomic mass is 19.1. The van der Waals surface area contributed by atoms with Crippen LogP contribution >= 0.6 is 0 Å². The number of hydrogen-bond acceptors (Lipinski definition) is 3. The molecule has 0 amide bonds. The highest BCUT2D eigenvalue weighted by Crippen LogP contribution is 2.27. The monoisotopic (exact) mass is 267 g/mol. The average molecular weight is 267 g/mol. The Kier molecular flexibility index (Phi) is 3.36. The fraction of sp³-hybridized carbons (Fsp3) is 0.385. The minimum absolute atomic E-state index is 0.290. The van der Waals surface area contributed by atoms with Gasteiger partial charge in [-0.05, 0) is 32.9 Å². The Morgan fingerprint density at radius 3 is 2.16 bits per heavy atom. The quantitative estimate of drug-likeness (QED) is 0.909.